The highest BCUT2D eigenvalue weighted by Crippen LogP contribution is 2.17. The van der Waals surface area contributed by atoms with Crippen molar-refractivity contribution < 1.29 is 4.79 Å². The number of nitrogens with one attached hydrogen (secondary N) is 1. The normalized spacial score (nSPS) is 15.0. The number of hydrazone groups is 1. The second-order valence-corrected chi connectivity index (χ2v) is 3.44. The number of carbonyl (C=O) groups excluding carboxylic acids is 1. The Morgan fingerprint density at radius 3 is 2.80 bits per heavy atom. The maximum atomic E-state index is 10.8. The molecular formula is C11H13N3O. The monoisotopic (exact) mass is 203 g/mol. The Morgan fingerprint density at radius 2 is 2.13 bits per heavy atom. The summed E-state index contributed by atoms with van der Waals surface area (Å²) < 4.78 is 0. The summed E-state index contributed by atoms with van der Waals surface area (Å²) in [4.78, 5) is 10.8. The first-order valence-electron chi connectivity index (χ1n) is 4.93. The van der Waals surface area contributed by atoms with Gasteiger partial charge in [-0.2, -0.15) is 5.10 Å². The first-order valence-corrected chi connectivity index (χ1v) is 4.93. The van der Waals surface area contributed by atoms with E-state index in [9.17, 15) is 4.79 Å². The Labute approximate surface area is 88.6 Å². The van der Waals surface area contributed by atoms with E-state index in [1.165, 1.54) is 6.92 Å². The van der Waals surface area contributed by atoms with Crippen LogP contribution in [0.4, 0.5) is 5.69 Å². The molecule has 0 aromatic heterocycles. The van der Waals surface area contributed by atoms with Crippen LogP contribution in [0.2, 0.25) is 0 Å². The van der Waals surface area contributed by atoms with E-state index in [4.69, 9.17) is 0 Å². The molecule has 1 heterocycles. The lowest BCUT2D eigenvalue weighted by Crippen LogP contribution is -2.26. The van der Waals surface area contributed by atoms with Gasteiger partial charge in [0.05, 0.1) is 5.69 Å². The molecule has 1 aromatic rings. The third-order valence-electron chi connectivity index (χ3n) is 2.18. The van der Waals surface area contributed by atoms with E-state index >= 15 is 0 Å². The fourth-order valence-electron chi connectivity index (χ4n) is 1.54. The van der Waals surface area contributed by atoms with Gasteiger partial charge in [-0.1, -0.05) is 18.2 Å². The van der Waals surface area contributed by atoms with Crippen LogP contribution in [0.15, 0.2) is 35.4 Å². The molecule has 4 heteroatoms. The quantitative estimate of drug-likeness (QED) is 0.748. The van der Waals surface area contributed by atoms with Gasteiger partial charge in [-0.3, -0.25) is 9.80 Å². The molecule has 1 aliphatic heterocycles. The highest BCUT2D eigenvalue weighted by molar-refractivity contribution is 5.98. The van der Waals surface area contributed by atoms with Gasteiger partial charge in [-0.15, -0.1) is 0 Å². The number of anilines is 1. The molecule has 0 saturated heterocycles. The molecule has 0 atom stereocenters. The van der Waals surface area contributed by atoms with E-state index < -0.39 is 0 Å². The molecule has 1 amide bonds. The largest absolute Gasteiger partial charge is 0.313 e. The van der Waals surface area contributed by atoms with Crippen LogP contribution in [-0.2, 0) is 4.79 Å². The minimum atomic E-state index is -0.0661. The topological polar surface area (TPSA) is 44.7 Å². The van der Waals surface area contributed by atoms with Crippen molar-refractivity contribution >= 4 is 17.4 Å². The molecule has 1 N–H and O–H groups in total. The number of hydrogen-bond acceptors (Lipinski definition) is 3. The molecule has 0 bridgehead atoms. The average Bonchev–Trinajstić information content (AvgIpc) is 2.67. The third kappa shape index (κ3) is 2.34. The molecule has 1 aliphatic rings. The summed E-state index contributed by atoms with van der Waals surface area (Å²) in [5, 5.41) is 8.92. The molecule has 2 rings (SSSR count). The first kappa shape index (κ1) is 9.71. The van der Waals surface area contributed by atoms with E-state index in [1.807, 2.05) is 35.3 Å². The predicted octanol–water partition coefficient (Wildman–Crippen LogP) is 1.35. The highest BCUT2D eigenvalue weighted by atomic mass is 16.1. The SMILES string of the molecule is CC(=O)NC1=NN(c2ccccc2)CC1. The van der Waals surface area contributed by atoms with Crippen molar-refractivity contribution in [3.63, 3.8) is 0 Å². The lowest BCUT2D eigenvalue weighted by Gasteiger charge is -2.12. The van der Waals surface area contributed by atoms with E-state index in [1.54, 1.807) is 0 Å². The molecule has 0 aliphatic carbocycles. The van der Waals surface area contributed by atoms with Gasteiger partial charge in [0.2, 0.25) is 5.91 Å². The van der Waals surface area contributed by atoms with Crippen molar-refractivity contribution in [2.24, 2.45) is 5.10 Å². The summed E-state index contributed by atoms with van der Waals surface area (Å²) in [6, 6.07) is 9.92. The van der Waals surface area contributed by atoms with Gasteiger partial charge in [-0.05, 0) is 12.1 Å². The van der Waals surface area contributed by atoms with Gasteiger partial charge in [0.15, 0.2) is 0 Å². The van der Waals surface area contributed by atoms with Gasteiger partial charge >= 0.3 is 0 Å². The number of hydrogen-bond donors (Lipinski definition) is 1. The first-order chi connectivity index (χ1) is 7.25. The molecule has 15 heavy (non-hydrogen) atoms. The smallest absolute Gasteiger partial charge is 0.222 e. The second-order valence-electron chi connectivity index (χ2n) is 3.44. The van der Waals surface area contributed by atoms with Crippen LogP contribution in [0.3, 0.4) is 0 Å². The number of carbonyl (C=O) groups is 1. The Kier molecular flexibility index (Phi) is 2.67. The van der Waals surface area contributed by atoms with Gasteiger partial charge in [-0.25, -0.2) is 0 Å². The van der Waals surface area contributed by atoms with Crippen LogP contribution in [-0.4, -0.2) is 18.3 Å². The Morgan fingerprint density at radius 1 is 1.40 bits per heavy atom. The van der Waals surface area contributed by atoms with E-state index in [-0.39, 0.29) is 5.91 Å². The van der Waals surface area contributed by atoms with Crippen LogP contribution in [0.25, 0.3) is 0 Å². The highest BCUT2D eigenvalue weighted by Gasteiger charge is 2.15. The fraction of sp³-hybridized carbons (Fsp3) is 0.273. The van der Waals surface area contributed by atoms with Gasteiger partial charge in [0.1, 0.15) is 5.84 Å². The summed E-state index contributed by atoms with van der Waals surface area (Å²) in [5.41, 5.74) is 1.05. The van der Waals surface area contributed by atoms with Crippen molar-refractivity contribution in [1.29, 1.82) is 0 Å². The van der Waals surface area contributed by atoms with E-state index in [0.29, 0.717) is 0 Å². The standard InChI is InChI=1S/C11H13N3O/c1-9(15)12-11-7-8-14(13-11)10-5-3-2-4-6-10/h2-6H,7-8H2,1H3,(H,12,13,15). The Bertz CT molecular complexity index is 386. The number of benzene rings is 1. The van der Waals surface area contributed by atoms with E-state index in [2.05, 4.69) is 10.4 Å². The van der Waals surface area contributed by atoms with Crippen LogP contribution in [0, 0.1) is 0 Å². The third-order valence-corrected chi connectivity index (χ3v) is 2.18. The zero-order chi connectivity index (χ0) is 10.7. The average molecular weight is 203 g/mol. The number of para-hydroxylation sites is 1. The minimum Gasteiger partial charge on any atom is -0.313 e. The molecule has 4 nitrogen and oxygen atoms in total. The lowest BCUT2D eigenvalue weighted by atomic mass is 10.3. The summed E-state index contributed by atoms with van der Waals surface area (Å²) in [6.45, 7) is 2.31. The molecule has 0 radical (unpaired) electrons. The molecule has 0 saturated carbocycles. The fourth-order valence-corrected chi connectivity index (χ4v) is 1.54. The summed E-state index contributed by atoms with van der Waals surface area (Å²) in [6.07, 6.45) is 0.786. The van der Waals surface area contributed by atoms with Gasteiger partial charge < -0.3 is 5.32 Å². The molecule has 0 unspecified atom stereocenters. The molecule has 1 aromatic carbocycles. The number of nitrogens with zero attached hydrogens (tertiary/aromatic N) is 2. The molecule has 0 spiro atoms. The lowest BCUT2D eigenvalue weighted by molar-refractivity contribution is -0.117. The van der Waals surface area contributed by atoms with Gasteiger partial charge in [0.25, 0.3) is 0 Å². The number of amidine groups is 1. The van der Waals surface area contributed by atoms with Crippen LogP contribution in [0.1, 0.15) is 13.3 Å². The van der Waals surface area contributed by atoms with Crippen LogP contribution >= 0.6 is 0 Å². The van der Waals surface area contributed by atoms with Crippen molar-refractivity contribution in [1.82, 2.24) is 5.32 Å². The number of amides is 1. The zero-order valence-corrected chi connectivity index (χ0v) is 8.60. The number of rotatable bonds is 1. The van der Waals surface area contributed by atoms with E-state index in [0.717, 1.165) is 24.5 Å². The van der Waals surface area contributed by atoms with Crippen molar-refractivity contribution in [2.45, 2.75) is 13.3 Å². The molecule has 78 valence electrons. The molecular weight excluding hydrogens is 190 g/mol. The maximum absolute atomic E-state index is 10.8. The second kappa shape index (κ2) is 4.13. The maximum Gasteiger partial charge on any atom is 0.222 e. The summed E-state index contributed by atoms with van der Waals surface area (Å²) >= 11 is 0. The minimum absolute atomic E-state index is 0.0661. The zero-order valence-electron chi connectivity index (χ0n) is 8.60. The predicted molar refractivity (Wildman–Crippen MR) is 59.7 cm³/mol. The summed E-state index contributed by atoms with van der Waals surface area (Å²) in [7, 11) is 0. The van der Waals surface area contributed by atoms with Gasteiger partial charge in [0, 0.05) is 19.9 Å². The van der Waals surface area contributed by atoms with Crippen LogP contribution < -0.4 is 10.3 Å². The van der Waals surface area contributed by atoms with Crippen molar-refractivity contribution in [3.8, 4) is 0 Å². The van der Waals surface area contributed by atoms with Crippen molar-refractivity contribution in [2.75, 3.05) is 11.6 Å². The Balaban J connectivity index is 2.09. The Hall–Kier alpha value is -1.84. The van der Waals surface area contributed by atoms with Crippen LogP contribution in [0.5, 0.6) is 0 Å². The molecule has 0 fully saturated rings. The van der Waals surface area contributed by atoms with Crippen molar-refractivity contribution in [3.05, 3.63) is 30.3 Å². The summed E-state index contributed by atoms with van der Waals surface area (Å²) in [5.74, 6) is 0.676.